The summed E-state index contributed by atoms with van der Waals surface area (Å²) in [5.74, 6) is -0.536. The zero-order valence-corrected chi connectivity index (χ0v) is 14.9. The molecule has 6 heteroatoms. The third-order valence-corrected chi connectivity index (χ3v) is 4.14. The SMILES string of the molecule is Cc1ccccc1C(=O)NCC(=O)NCc1ccc(Br)cc1Cl. The van der Waals surface area contributed by atoms with Crippen molar-refractivity contribution in [3.05, 3.63) is 68.7 Å². The number of halogens is 2. The highest BCUT2D eigenvalue weighted by molar-refractivity contribution is 9.10. The average molecular weight is 396 g/mol. The number of rotatable bonds is 5. The first-order valence-corrected chi connectivity index (χ1v) is 8.19. The van der Waals surface area contributed by atoms with E-state index < -0.39 is 0 Å². The van der Waals surface area contributed by atoms with Crippen molar-refractivity contribution in [2.75, 3.05) is 6.54 Å². The Labute approximate surface area is 148 Å². The van der Waals surface area contributed by atoms with E-state index in [0.29, 0.717) is 17.1 Å². The van der Waals surface area contributed by atoms with Crippen molar-refractivity contribution in [1.82, 2.24) is 10.6 Å². The fourth-order valence-electron chi connectivity index (χ4n) is 2.00. The molecular formula is C17H16BrClN2O2. The molecule has 2 aromatic carbocycles. The highest BCUT2D eigenvalue weighted by Gasteiger charge is 2.10. The molecule has 0 heterocycles. The second-order valence-corrected chi connectivity index (χ2v) is 6.33. The molecule has 0 spiro atoms. The molecular weight excluding hydrogens is 380 g/mol. The van der Waals surface area contributed by atoms with Gasteiger partial charge in [0.2, 0.25) is 5.91 Å². The Morgan fingerprint density at radius 1 is 1.13 bits per heavy atom. The quantitative estimate of drug-likeness (QED) is 0.814. The Bertz CT molecular complexity index is 734. The van der Waals surface area contributed by atoms with Crippen LogP contribution in [0.15, 0.2) is 46.9 Å². The van der Waals surface area contributed by atoms with Crippen LogP contribution in [-0.2, 0) is 11.3 Å². The fraction of sp³-hybridized carbons (Fsp3) is 0.176. The molecule has 0 aliphatic rings. The van der Waals surface area contributed by atoms with Gasteiger partial charge in [0.15, 0.2) is 0 Å². The molecule has 2 rings (SSSR count). The number of nitrogens with one attached hydrogen (secondary N) is 2. The van der Waals surface area contributed by atoms with Gasteiger partial charge in [-0.05, 0) is 36.2 Å². The van der Waals surface area contributed by atoms with Crippen molar-refractivity contribution >= 4 is 39.3 Å². The van der Waals surface area contributed by atoms with E-state index in [1.807, 2.05) is 31.2 Å². The maximum absolute atomic E-state index is 12.0. The summed E-state index contributed by atoms with van der Waals surface area (Å²) in [5.41, 5.74) is 2.25. The smallest absolute Gasteiger partial charge is 0.251 e. The Kier molecular flexibility index (Phi) is 6.19. The van der Waals surface area contributed by atoms with Crippen LogP contribution >= 0.6 is 27.5 Å². The first kappa shape index (κ1) is 17.5. The van der Waals surface area contributed by atoms with Crippen molar-refractivity contribution in [3.8, 4) is 0 Å². The number of aryl methyl sites for hydroxylation is 1. The number of amides is 2. The molecule has 2 amide bonds. The van der Waals surface area contributed by atoms with Gasteiger partial charge in [0, 0.05) is 21.6 Å². The number of carbonyl (C=O) groups is 2. The van der Waals surface area contributed by atoms with Crippen molar-refractivity contribution in [2.24, 2.45) is 0 Å². The summed E-state index contributed by atoms with van der Waals surface area (Å²) < 4.78 is 0.878. The van der Waals surface area contributed by atoms with Crippen LogP contribution in [0.1, 0.15) is 21.5 Å². The van der Waals surface area contributed by atoms with Gasteiger partial charge in [-0.15, -0.1) is 0 Å². The van der Waals surface area contributed by atoms with Gasteiger partial charge in [-0.3, -0.25) is 9.59 Å². The molecule has 0 saturated heterocycles. The molecule has 0 aliphatic heterocycles. The Balaban J connectivity index is 1.83. The van der Waals surface area contributed by atoms with Crippen LogP contribution in [0.5, 0.6) is 0 Å². The van der Waals surface area contributed by atoms with Gasteiger partial charge < -0.3 is 10.6 Å². The Morgan fingerprint density at radius 2 is 1.87 bits per heavy atom. The topological polar surface area (TPSA) is 58.2 Å². The molecule has 4 nitrogen and oxygen atoms in total. The number of hydrogen-bond acceptors (Lipinski definition) is 2. The number of hydrogen-bond donors (Lipinski definition) is 2. The summed E-state index contributed by atoms with van der Waals surface area (Å²) in [5, 5.41) is 5.91. The molecule has 0 aliphatic carbocycles. The first-order chi connectivity index (χ1) is 11.0. The molecule has 2 N–H and O–H groups in total. The van der Waals surface area contributed by atoms with Gasteiger partial charge in [-0.25, -0.2) is 0 Å². The third kappa shape index (κ3) is 5.08. The van der Waals surface area contributed by atoms with Gasteiger partial charge in [-0.1, -0.05) is 51.8 Å². The molecule has 0 aromatic heterocycles. The molecule has 23 heavy (non-hydrogen) atoms. The summed E-state index contributed by atoms with van der Waals surface area (Å²) >= 11 is 9.41. The van der Waals surface area contributed by atoms with Gasteiger partial charge in [0.05, 0.1) is 6.54 Å². The second-order valence-electron chi connectivity index (χ2n) is 5.01. The summed E-state index contributed by atoms with van der Waals surface area (Å²) in [6.45, 7) is 2.08. The first-order valence-electron chi connectivity index (χ1n) is 7.02. The predicted molar refractivity (Wildman–Crippen MR) is 94.5 cm³/mol. The fourth-order valence-corrected chi connectivity index (χ4v) is 2.75. The van der Waals surface area contributed by atoms with E-state index in [1.54, 1.807) is 18.2 Å². The number of carbonyl (C=O) groups excluding carboxylic acids is 2. The predicted octanol–water partition coefficient (Wildman–Crippen LogP) is 3.46. The van der Waals surface area contributed by atoms with Crippen molar-refractivity contribution in [2.45, 2.75) is 13.5 Å². The zero-order valence-electron chi connectivity index (χ0n) is 12.5. The highest BCUT2D eigenvalue weighted by atomic mass is 79.9. The summed E-state index contributed by atoms with van der Waals surface area (Å²) in [4.78, 5) is 23.9. The van der Waals surface area contributed by atoms with E-state index in [0.717, 1.165) is 15.6 Å². The minimum atomic E-state index is -0.272. The molecule has 120 valence electrons. The monoisotopic (exact) mass is 394 g/mol. The van der Waals surface area contributed by atoms with Crippen LogP contribution in [0.25, 0.3) is 0 Å². The van der Waals surface area contributed by atoms with E-state index >= 15 is 0 Å². The summed E-state index contributed by atoms with van der Waals surface area (Å²) in [7, 11) is 0. The van der Waals surface area contributed by atoms with Gasteiger partial charge in [0.25, 0.3) is 5.91 Å². The van der Waals surface area contributed by atoms with E-state index in [4.69, 9.17) is 11.6 Å². The van der Waals surface area contributed by atoms with Crippen LogP contribution in [0.4, 0.5) is 0 Å². The standard InChI is InChI=1S/C17H16BrClN2O2/c1-11-4-2-3-5-14(11)17(23)21-10-16(22)20-9-12-6-7-13(18)8-15(12)19/h2-8H,9-10H2,1H3,(H,20,22)(H,21,23). The van der Waals surface area contributed by atoms with E-state index in [2.05, 4.69) is 26.6 Å². The normalized spacial score (nSPS) is 10.2. The Morgan fingerprint density at radius 3 is 2.57 bits per heavy atom. The third-order valence-electron chi connectivity index (χ3n) is 3.29. The van der Waals surface area contributed by atoms with Gasteiger partial charge >= 0.3 is 0 Å². The highest BCUT2D eigenvalue weighted by Crippen LogP contribution is 2.21. The summed E-state index contributed by atoms with van der Waals surface area (Å²) in [6.07, 6.45) is 0. The van der Waals surface area contributed by atoms with Crippen molar-refractivity contribution in [1.29, 1.82) is 0 Å². The van der Waals surface area contributed by atoms with Crippen molar-refractivity contribution < 1.29 is 9.59 Å². The maximum Gasteiger partial charge on any atom is 0.251 e. The van der Waals surface area contributed by atoms with Crippen LogP contribution < -0.4 is 10.6 Å². The minimum absolute atomic E-state index is 0.0820. The van der Waals surface area contributed by atoms with E-state index in [9.17, 15) is 9.59 Å². The van der Waals surface area contributed by atoms with Crippen LogP contribution in [0.2, 0.25) is 5.02 Å². The lowest BCUT2D eigenvalue weighted by atomic mass is 10.1. The van der Waals surface area contributed by atoms with Crippen molar-refractivity contribution in [3.63, 3.8) is 0 Å². The van der Waals surface area contributed by atoms with Gasteiger partial charge in [-0.2, -0.15) is 0 Å². The summed E-state index contributed by atoms with van der Waals surface area (Å²) in [6, 6.07) is 12.7. The van der Waals surface area contributed by atoms with E-state index in [1.165, 1.54) is 0 Å². The zero-order chi connectivity index (χ0) is 16.8. The largest absolute Gasteiger partial charge is 0.350 e. The lowest BCUT2D eigenvalue weighted by molar-refractivity contribution is -0.120. The lowest BCUT2D eigenvalue weighted by Crippen LogP contribution is -2.36. The molecule has 2 aromatic rings. The van der Waals surface area contributed by atoms with Crippen LogP contribution in [0, 0.1) is 6.92 Å². The maximum atomic E-state index is 12.0. The number of benzene rings is 2. The van der Waals surface area contributed by atoms with Gasteiger partial charge in [0.1, 0.15) is 0 Å². The molecule has 0 radical (unpaired) electrons. The van der Waals surface area contributed by atoms with Crippen LogP contribution in [-0.4, -0.2) is 18.4 Å². The van der Waals surface area contributed by atoms with E-state index in [-0.39, 0.29) is 18.4 Å². The molecule has 0 bridgehead atoms. The molecule has 0 fully saturated rings. The molecule has 0 unspecified atom stereocenters. The molecule has 0 atom stereocenters. The lowest BCUT2D eigenvalue weighted by Gasteiger charge is -2.09. The average Bonchev–Trinajstić information content (AvgIpc) is 2.52. The Hall–Kier alpha value is -1.85. The second kappa shape index (κ2) is 8.13. The molecule has 0 saturated carbocycles. The van der Waals surface area contributed by atoms with Crippen LogP contribution in [0.3, 0.4) is 0 Å². The minimum Gasteiger partial charge on any atom is -0.350 e.